The summed E-state index contributed by atoms with van der Waals surface area (Å²) in [6.07, 6.45) is 0. The van der Waals surface area contributed by atoms with Gasteiger partial charge in [-0.1, -0.05) is 27.5 Å². The van der Waals surface area contributed by atoms with Gasteiger partial charge in [0.25, 0.3) is 15.0 Å². The summed E-state index contributed by atoms with van der Waals surface area (Å²) >= 11 is 9.10. The lowest BCUT2D eigenvalue weighted by atomic mass is 10.3. The zero-order valence-electron chi connectivity index (χ0n) is 11.4. The fourth-order valence-electron chi connectivity index (χ4n) is 1.66. The highest BCUT2D eigenvalue weighted by atomic mass is 79.9. The molecule has 9 heteroatoms. The van der Waals surface area contributed by atoms with Crippen molar-refractivity contribution in [2.75, 3.05) is 19.7 Å². The fraction of sp³-hybridized carbons (Fsp3) is 0.417. The molecule has 0 aliphatic carbocycles. The molecule has 0 aliphatic heterocycles. The lowest BCUT2D eigenvalue weighted by Gasteiger charge is -2.19. The van der Waals surface area contributed by atoms with Gasteiger partial charge in [-0.25, -0.2) is 8.42 Å². The van der Waals surface area contributed by atoms with Crippen LogP contribution >= 0.6 is 38.2 Å². The average Bonchev–Trinajstić information content (AvgIpc) is 2.37. The van der Waals surface area contributed by atoms with Crippen molar-refractivity contribution in [1.82, 2.24) is 4.90 Å². The summed E-state index contributed by atoms with van der Waals surface area (Å²) in [5.74, 6) is -0.396. The van der Waals surface area contributed by atoms with E-state index in [4.69, 9.17) is 27.0 Å². The van der Waals surface area contributed by atoms with E-state index < -0.39 is 9.05 Å². The fourth-order valence-corrected chi connectivity index (χ4v) is 3.73. The quantitative estimate of drug-likeness (QED) is 0.665. The number of carbonyl (C=O) groups excluding carboxylic acids is 1. The van der Waals surface area contributed by atoms with Gasteiger partial charge in [0.2, 0.25) is 0 Å². The van der Waals surface area contributed by atoms with Crippen LogP contribution in [0, 0.1) is 0 Å². The first kappa shape index (κ1) is 18.5. The van der Waals surface area contributed by atoms with Gasteiger partial charge in [0.15, 0.2) is 12.4 Å². The molecule has 5 nitrogen and oxygen atoms in total. The topological polar surface area (TPSA) is 63.7 Å². The third kappa shape index (κ3) is 5.02. The van der Waals surface area contributed by atoms with Crippen LogP contribution in [-0.4, -0.2) is 38.9 Å². The third-order valence-electron chi connectivity index (χ3n) is 2.69. The second-order valence-corrected chi connectivity index (χ2v) is 7.86. The molecule has 0 spiro atoms. The first-order valence-corrected chi connectivity index (χ1v) is 9.53. The molecule has 1 rings (SSSR count). The largest absolute Gasteiger partial charge is 0.481 e. The van der Waals surface area contributed by atoms with E-state index in [9.17, 15) is 13.2 Å². The summed E-state index contributed by atoms with van der Waals surface area (Å²) in [7, 11) is 1.31. The van der Waals surface area contributed by atoms with Gasteiger partial charge >= 0.3 is 0 Å². The van der Waals surface area contributed by atoms with Crippen LogP contribution in [0.15, 0.2) is 21.5 Å². The Labute approximate surface area is 141 Å². The minimum atomic E-state index is -4.05. The van der Waals surface area contributed by atoms with Crippen molar-refractivity contribution in [1.29, 1.82) is 0 Å². The molecule has 118 valence electrons. The predicted octanol–water partition coefficient (Wildman–Crippen LogP) is 3.28. The second-order valence-electron chi connectivity index (χ2n) is 4.01. The molecule has 0 atom stereocenters. The van der Waals surface area contributed by atoms with Crippen molar-refractivity contribution in [3.63, 3.8) is 0 Å². The number of rotatable bonds is 6. The van der Waals surface area contributed by atoms with E-state index in [2.05, 4.69) is 15.9 Å². The van der Waals surface area contributed by atoms with Gasteiger partial charge in [-0.3, -0.25) is 4.79 Å². The van der Waals surface area contributed by atoms with Gasteiger partial charge in [-0.05, 0) is 26.0 Å². The molecule has 0 aromatic heterocycles. The standard InChI is InChI=1S/C12H14BrCl2NO4S/c1-3-16(4-2)11(17)7-20-12-9(14)5-8(13)6-10(12)21(15,18)19/h5-6H,3-4,7H2,1-2H3. The first-order valence-electron chi connectivity index (χ1n) is 6.05. The Kier molecular flexibility index (Phi) is 6.77. The molecule has 1 aromatic carbocycles. The molecular weight excluding hydrogens is 405 g/mol. The molecule has 0 bridgehead atoms. The number of ether oxygens (including phenoxy) is 1. The molecule has 21 heavy (non-hydrogen) atoms. The van der Waals surface area contributed by atoms with Crippen molar-refractivity contribution in [3.8, 4) is 5.75 Å². The number of hydrogen-bond donors (Lipinski definition) is 0. The van der Waals surface area contributed by atoms with E-state index in [1.807, 2.05) is 13.8 Å². The Morgan fingerprint density at radius 3 is 2.38 bits per heavy atom. The van der Waals surface area contributed by atoms with E-state index in [0.717, 1.165) is 0 Å². The molecule has 0 heterocycles. The van der Waals surface area contributed by atoms with Crippen LogP contribution in [0.5, 0.6) is 5.75 Å². The minimum Gasteiger partial charge on any atom is -0.481 e. The molecule has 0 N–H and O–H groups in total. The van der Waals surface area contributed by atoms with Crippen LogP contribution in [0.1, 0.15) is 13.8 Å². The normalized spacial score (nSPS) is 11.3. The minimum absolute atomic E-state index is 0.0518. The van der Waals surface area contributed by atoms with Crippen molar-refractivity contribution in [3.05, 3.63) is 21.6 Å². The number of likely N-dealkylation sites (N-methyl/N-ethyl adjacent to an activating group) is 1. The summed E-state index contributed by atoms with van der Waals surface area (Å²) < 4.78 is 28.8. The summed E-state index contributed by atoms with van der Waals surface area (Å²) in [4.78, 5) is 13.2. The van der Waals surface area contributed by atoms with Crippen LogP contribution in [0.2, 0.25) is 5.02 Å². The Morgan fingerprint density at radius 2 is 1.90 bits per heavy atom. The molecule has 0 radical (unpaired) electrons. The molecule has 1 aromatic rings. The van der Waals surface area contributed by atoms with Crippen molar-refractivity contribution < 1.29 is 17.9 Å². The summed E-state index contributed by atoms with van der Waals surface area (Å²) in [5.41, 5.74) is 0. The Bertz CT molecular complexity index is 632. The van der Waals surface area contributed by atoms with Crippen molar-refractivity contribution in [2.24, 2.45) is 0 Å². The molecule has 1 amide bonds. The maximum absolute atomic E-state index is 11.9. The number of halogens is 3. The molecule has 0 aliphatic rings. The number of benzene rings is 1. The Balaban J connectivity index is 3.06. The van der Waals surface area contributed by atoms with Gasteiger partial charge < -0.3 is 9.64 Å². The molecular formula is C12H14BrCl2NO4S. The van der Waals surface area contributed by atoms with E-state index in [1.165, 1.54) is 12.1 Å². The van der Waals surface area contributed by atoms with E-state index in [0.29, 0.717) is 17.6 Å². The summed E-state index contributed by atoms with van der Waals surface area (Å²) in [5, 5.41) is 0.0518. The molecule has 0 saturated carbocycles. The highest BCUT2D eigenvalue weighted by molar-refractivity contribution is 9.10. The lowest BCUT2D eigenvalue weighted by molar-refractivity contribution is -0.133. The van der Waals surface area contributed by atoms with Gasteiger partial charge in [0, 0.05) is 28.2 Å². The molecule has 0 saturated heterocycles. The zero-order valence-corrected chi connectivity index (χ0v) is 15.3. The van der Waals surface area contributed by atoms with Crippen molar-refractivity contribution in [2.45, 2.75) is 18.7 Å². The van der Waals surface area contributed by atoms with Crippen LogP contribution < -0.4 is 4.74 Å². The van der Waals surface area contributed by atoms with E-state index in [-0.39, 0.29) is 28.2 Å². The Morgan fingerprint density at radius 1 is 1.33 bits per heavy atom. The summed E-state index contributed by atoms with van der Waals surface area (Å²) in [6, 6.07) is 2.73. The highest BCUT2D eigenvalue weighted by Gasteiger charge is 2.22. The van der Waals surface area contributed by atoms with Crippen LogP contribution in [-0.2, 0) is 13.8 Å². The average molecular weight is 419 g/mol. The van der Waals surface area contributed by atoms with Crippen LogP contribution in [0.4, 0.5) is 0 Å². The van der Waals surface area contributed by atoms with Crippen molar-refractivity contribution >= 4 is 53.2 Å². The third-order valence-corrected chi connectivity index (χ3v) is 4.76. The van der Waals surface area contributed by atoms with Crippen LogP contribution in [0.3, 0.4) is 0 Å². The maximum Gasteiger partial charge on any atom is 0.265 e. The highest BCUT2D eigenvalue weighted by Crippen LogP contribution is 2.37. The van der Waals surface area contributed by atoms with E-state index >= 15 is 0 Å². The summed E-state index contributed by atoms with van der Waals surface area (Å²) in [6.45, 7) is 4.43. The number of amides is 1. The van der Waals surface area contributed by atoms with Gasteiger partial charge in [-0.15, -0.1) is 0 Å². The lowest BCUT2D eigenvalue weighted by Crippen LogP contribution is -2.34. The SMILES string of the molecule is CCN(CC)C(=O)COc1c(Cl)cc(Br)cc1S(=O)(=O)Cl. The first-order chi connectivity index (χ1) is 9.70. The number of carbonyl (C=O) groups is 1. The van der Waals surface area contributed by atoms with Crippen LogP contribution in [0.25, 0.3) is 0 Å². The predicted molar refractivity (Wildman–Crippen MR) is 85.6 cm³/mol. The zero-order chi connectivity index (χ0) is 16.2. The smallest absolute Gasteiger partial charge is 0.265 e. The van der Waals surface area contributed by atoms with Gasteiger partial charge in [-0.2, -0.15) is 0 Å². The van der Waals surface area contributed by atoms with Gasteiger partial charge in [0.05, 0.1) is 5.02 Å². The Hall–Kier alpha value is -0.500. The van der Waals surface area contributed by atoms with Gasteiger partial charge in [0.1, 0.15) is 4.90 Å². The number of nitrogens with zero attached hydrogens (tertiary/aromatic N) is 1. The van der Waals surface area contributed by atoms with E-state index in [1.54, 1.807) is 4.90 Å². The monoisotopic (exact) mass is 417 g/mol. The number of hydrogen-bond acceptors (Lipinski definition) is 4. The maximum atomic E-state index is 11.9. The molecule has 0 unspecified atom stereocenters. The molecule has 0 fully saturated rings. The second kappa shape index (κ2) is 7.67.